The van der Waals surface area contributed by atoms with Crippen molar-refractivity contribution in [3.8, 4) is 44.9 Å². The fourth-order valence-corrected chi connectivity index (χ4v) is 7.64. The van der Waals surface area contributed by atoms with Gasteiger partial charge in [-0.3, -0.25) is 14.4 Å². The van der Waals surface area contributed by atoms with Crippen molar-refractivity contribution in [2.75, 3.05) is 62.9 Å². The Balaban J connectivity index is 1.14. The van der Waals surface area contributed by atoms with E-state index in [4.69, 9.17) is 37.4 Å². The highest BCUT2D eigenvalue weighted by molar-refractivity contribution is 6.39. The Labute approximate surface area is 311 Å². The second-order valence-electron chi connectivity index (χ2n) is 12.8. The van der Waals surface area contributed by atoms with Crippen molar-refractivity contribution < 1.29 is 33.7 Å². The topological polar surface area (TPSA) is 130 Å². The summed E-state index contributed by atoms with van der Waals surface area (Å²) in [4.78, 5) is 40.8. The third-order valence-corrected chi connectivity index (χ3v) is 10.5. The molecule has 1 fully saturated rings. The number of rotatable bonds is 11. The standard InChI is InChI=1S/C39H38Cl2N4O7/c1-50-39(49)30(20-46)43-15-16-44-31-12-10-23(17-33(31)51-21-35(44)47)26-6-2-8-28(37(26)40)29-9-3-7-27(38(29)41)24-11-13-32-34(18-24)52-22-36(48)45(32)19-25-5-4-14-42-25/h2-3,6-13,17-18,25,30,42-43,46H,4-5,14-16,19-22H2,1H3/t25-,30?/m0/s1. The third-order valence-electron chi connectivity index (χ3n) is 9.67. The van der Waals surface area contributed by atoms with Gasteiger partial charge in [-0.2, -0.15) is 0 Å². The lowest BCUT2D eigenvalue weighted by Crippen LogP contribution is -2.47. The number of benzene rings is 4. The summed E-state index contributed by atoms with van der Waals surface area (Å²) in [6, 6.07) is 22.3. The smallest absolute Gasteiger partial charge is 0.325 e. The van der Waals surface area contributed by atoms with Crippen molar-refractivity contribution in [1.82, 2.24) is 10.6 Å². The number of methoxy groups -OCH3 is 1. The van der Waals surface area contributed by atoms with E-state index < -0.39 is 18.6 Å². The lowest BCUT2D eigenvalue weighted by molar-refractivity contribution is -0.144. The largest absolute Gasteiger partial charge is 0.482 e. The van der Waals surface area contributed by atoms with Crippen LogP contribution in [0.5, 0.6) is 11.5 Å². The van der Waals surface area contributed by atoms with E-state index in [-0.39, 0.29) is 44.2 Å². The van der Waals surface area contributed by atoms with Crippen molar-refractivity contribution >= 4 is 52.4 Å². The van der Waals surface area contributed by atoms with Crippen LogP contribution in [0.25, 0.3) is 33.4 Å². The van der Waals surface area contributed by atoms with E-state index in [2.05, 4.69) is 10.6 Å². The van der Waals surface area contributed by atoms with E-state index in [1.807, 2.05) is 71.6 Å². The zero-order chi connectivity index (χ0) is 36.4. The third kappa shape index (κ3) is 7.07. The second-order valence-corrected chi connectivity index (χ2v) is 13.6. The van der Waals surface area contributed by atoms with Crippen LogP contribution in [0.4, 0.5) is 11.4 Å². The van der Waals surface area contributed by atoms with Crippen LogP contribution < -0.4 is 29.9 Å². The molecule has 1 saturated heterocycles. The molecular weight excluding hydrogens is 707 g/mol. The molecule has 0 aromatic heterocycles. The molecule has 0 radical (unpaired) electrons. The number of amides is 2. The van der Waals surface area contributed by atoms with Crippen molar-refractivity contribution in [2.45, 2.75) is 24.9 Å². The van der Waals surface area contributed by atoms with E-state index in [1.54, 1.807) is 11.0 Å². The molecule has 0 bridgehead atoms. The lowest BCUT2D eigenvalue weighted by atomic mass is 9.95. The van der Waals surface area contributed by atoms with Gasteiger partial charge in [0.05, 0.1) is 35.1 Å². The van der Waals surface area contributed by atoms with Crippen LogP contribution in [0.3, 0.4) is 0 Å². The lowest BCUT2D eigenvalue weighted by Gasteiger charge is -2.31. The van der Waals surface area contributed by atoms with Gasteiger partial charge in [-0.15, -0.1) is 0 Å². The van der Waals surface area contributed by atoms with Gasteiger partial charge in [0, 0.05) is 47.9 Å². The Kier molecular flexibility index (Phi) is 10.7. The Morgan fingerprint density at radius 1 is 0.885 bits per heavy atom. The Morgan fingerprint density at radius 2 is 1.44 bits per heavy atom. The van der Waals surface area contributed by atoms with Gasteiger partial charge in [-0.25, -0.2) is 0 Å². The summed E-state index contributed by atoms with van der Waals surface area (Å²) < 4.78 is 16.4. The minimum Gasteiger partial charge on any atom is -0.482 e. The summed E-state index contributed by atoms with van der Waals surface area (Å²) in [5.74, 6) is 0.284. The quantitative estimate of drug-likeness (QED) is 0.175. The predicted molar refractivity (Wildman–Crippen MR) is 200 cm³/mol. The molecule has 2 amide bonds. The average Bonchev–Trinajstić information content (AvgIpc) is 3.68. The number of carbonyl (C=O) groups is 3. The molecule has 11 nitrogen and oxygen atoms in total. The summed E-state index contributed by atoms with van der Waals surface area (Å²) in [6.45, 7) is 1.48. The first-order valence-corrected chi connectivity index (χ1v) is 17.9. The van der Waals surface area contributed by atoms with Gasteiger partial charge in [-0.1, -0.05) is 71.7 Å². The number of aliphatic hydroxyl groups is 1. The first-order valence-electron chi connectivity index (χ1n) is 17.2. The number of halogens is 2. The van der Waals surface area contributed by atoms with E-state index in [0.29, 0.717) is 33.8 Å². The minimum atomic E-state index is -0.888. The van der Waals surface area contributed by atoms with Crippen LogP contribution in [-0.4, -0.2) is 88.1 Å². The van der Waals surface area contributed by atoms with Crippen LogP contribution in [0.1, 0.15) is 12.8 Å². The fourth-order valence-electron chi connectivity index (χ4n) is 6.96. The average molecular weight is 746 g/mol. The van der Waals surface area contributed by atoms with Gasteiger partial charge < -0.3 is 39.8 Å². The maximum absolute atomic E-state index is 12.8. The Hall–Kier alpha value is -4.65. The molecule has 4 aromatic carbocycles. The molecule has 4 aromatic rings. The summed E-state index contributed by atoms with van der Waals surface area (Å²) in [6.07, 6.45) is 2.14. The predicted octanol–water partition coefficient (Wildman–Crippen LogP) is 5.32. The fraction of sp³-hybridized carbons (Fsp3) is 0.308. The van der Waals surface area contributed by atoms with Crippen LogP contribution in [0.2, 0.25) is 10.0 Å². The molecule has 2 atom stereocenters. The van der Waals surface area contributed by atoms with Gasteiger partial charge in [0.2, 0.25) is 0 Å². The molecule has 3 N–H and O–H groups in total. The normalized spacial score (nSPS) is 17.3. The second kappa shape index (κ2) is 15.5. The zero-order valence-corrected chi connectivity index (χ0v) is 30.0. The van der Waals surface area contributed by atoms with Crippen LogP contribution in [-0.2, 0) is 19.1 Å². The molecular formula is C39H38Cl2N4O7. The monoisotopic (exact) mass is 744 g/mol. The van der Waals surface area contributed by atoms with Gasteiger partial charge in [0.25, 0.3) is 11.8 Å². The van der Waals surface area contributed by atoms with Crippen molar-refractivity contribution in [1.29, 1.82) is 0 Å². The Morgan fingerprint density at radius 3 is 1.98 bits per heavy atom. The van der Waals surface area contributed by atoms with Crippen LogP contribution in [0.15, 0.2) is 72.8 Å². The van der Waals surface area contributed by atoms with E-state index in [1.165, 1.54) is 7.11 Å². The van der Waals surface area contributed by atoms with E-state index in [9.17, 15) is 19.5 Å². The first-order chi connectivity index (χ1) is 25.3. The molecule has 3 aliphatic rings. The number of anilines is 2. The zero-order valence-electron chi connectivity index (χ0n) is 28.5. The molecule has 7 rings (SSSR count). The molecule has 0 saturated carbocycles. The minimum absolute atomic E-state index is 0.0132. The Bertz CT molecular complexity index is 2020. The highest BCUT2D eigenvalue weighted by Crippen LogP contribution is 2.45. The maximum Gasteiger partial charge on any atom is 0.325 e. The molecule has 1 unspecified atom stereocenters. The highest BCUT2D eigenvalue weighted by atomic mass is 35.5. The molecule has 3 heterocycles. The molecule has 52 heavy (non-hydrogen) atoms. The number of carbonyl (C=O) groups excluding carboxylic acids is 3. The van der Waals surface area contributed by atoms with E-state index >= 15 is 0 Å². The number of nitrogens with zero attached hydrogens (tertiary/aromatic N) is 2. The van der Waals surface area contributed by atoms with Gasteiger partial charge >= 0.3 is 5.97 Å². The van der Waals surface area contributed by atoms with Crippen molar-refractivity contribution in [3.63, 3.8) is 0 Å². The first kappa shape index (κ1) is 35.7. The number of nitrogens with one attached hydrogen (secondary N) is 2. The van der Waals surface area contributed by atoms with Gasteiger partial charge in [0.15, 0.2) is 13.2 Å². The van der Waals surface area contributed by atoms with Crippen LogP contribution in [0, 0.1) is 0 Å². The number of aliphatic hydroxyl groups excluding tert-OH is 1. The summed E-state index contributed by atoms with van der Waals surface area (Å²) in [5.41, 5.74) is 6.02. The number of ether oxygens (including phenoxy) is 3. The van der Waals surface area contributed by atoms with Gasteiger partial charge in [-0.05, 0) is 54.8 Å². The summed E-state index contributed by atoms with van der Waals surface area (Å²) in [5, 5.41) is 16.9. The van der Waals surface area contributed by atoms with Gasteiger partial charge in [0.1, 0.15) is 17.5 Å². The van der Waals surface area contributed by atoms with E-state index in [0.717, 1.165) is 58.5 Å². The van der Waals surface area contributed by atoms with Crippen molar-refractivity contribution in [2.24, 2.45) is 0 Å². The highest BCUT2D eigenvalue weighted by Gasteiger charge is 2.30. The molecule has 13 heteroatoms. The number of hydrogen-bond acceptors (Lipinski definition) is 9. The molecule has 0 aliphatic carbocycles. The molecule has 270 valence electrons. The molecule has 0 spiro atoms. The number of hydrogen-bond donors (Lipinski definition) is 3. The summed E-state index contributed by atoms with van der Waals surface area (Å²) >= 11 is 14.3. The summed E-state index contributed by atoms with van der Waals surface area (Å²) in [7, 11) is 1.25. The SMILES string of the molecule is COC(=O)C(CO)NCCN1C(=O)COc2cc(-c3cccc(-c4cccc(-c5ccc6c(c5)OCC(=O)N6C[C@@H]5CCCN5)c4Cl)c3Cl)ccc21. The number of fused-ring (bicyclic) bond motifs is 2. The molecule has 3 aliphatic heterocycles. The maximum atomic E-state index is 12.8. The van der Waals surface area contributed by atoms with Crippen molar-refractivity contribution in [3.05, 3.63) is 82.8 Å². The number of esters is 1. The van der Waals surface area contributed by atoms with Crippen LogP contribution >= 0.6 is 23.2 Å².